The van der Waals surface area contributed by atoms with Crippen LogP contribution in [0.5, 0.6) is 0 Å². The molecular formula is C18H14Cl2N2O2S. The Balaban J connectivity index is 2.05. The van der Waals surface area contributed by atoms with Gasteiger partial charge in [0.2, 0.25) is 10.0 Å². The number of halogens is 2. The van der Waals surface area contributed by atoms with Crippen molar-refractivity contribution < 1.29 is 8.42 Å². The van der Waals surface area contributed by atoms with Crippen molar-refractivity contribution in [2.45, 2.75) is 10.9 Å². The SMILES string of the molecule is O=S(=O)(NC(c1ccccc1)c1ccncc1)c1cc(Cl)ccc1Cl. The maximum atomic E-state index is 12.9. The van der Waals surface area contributed by atoms with E-state index in [-0.39, 0.29) is 9.92 Å². The van der Waals surface area contributed by atoms with Crippen LogP contribution in [-0.4, -0.2) is 13.4 Å². The third-order valence-corrected chi connectivity index (χ3v) is 5.77. The van der Waals surface area contributed by atoms with Gasteiger partial charge in [0.25, 0.3) is 0 Å². The molecule has 0 spiro atoms. The summed E-state index contributed by atoms with van der Waals surface area (Å²) in [6.45, 7) is 0. The predicted octanol–water partition coefficient (Wildman–Crippen LogP) is 4.46. The van der Waals surface area contributed by atoms with Gasteiger partial charge in [0, 0.05) is 17.4 Å². The van der Waals surface area contributed by atoms with E-state index in [0.717, 1.165) is 11.1 Å². The minimum atomic E-state index is -3.90. The summed E-state index contributed by atoms with van der Waals surface area (Å²) in [4.78, 5) is 3.93. The minimum Gasteiger partial charge on any atom is -0.265 e. The lowest BCUT2D eigenvalue weighted by molar-refractivity contribution is 0.572. The van der Waals surface area contributed by atoms with Crippen LogP contribution in [0.15, 0.2) is 78.0 Å². The Hall–Kier alpha value is -1.92. The van der Waals surface area contributed by atoms with Gasteiger partial charge in [-0.3, -0.25) is 4.98 Å². The first-order valence-corrected chi connectivity index (χ1v) is 9.63. The molecule has 2 aromatic carbocycles. The molecule has 0 aliphatic rings. The smallest absolute Gasteiger partial charge is 0.242 e. The molecule has 1 unspecified atom stereocenters. The summed E-state index contributed by atoms with van der Waals surface area (Å²) in [6.07, 6.45) is 3.23. The van der Waals surface area contributed by atoms with Gasteiger partial charge in [0.15, 0.2) is 0 Å². The van der Waals surface area contributed by atoms with Crippen LogP contribution in [0.3, 0.4) is 0 Å². The van der Waals surface area contributed by atoms with Gasteiger partial charge in [-0.2, -0.15) is 4.72 Å². The summed E-state index contributed by atoms with van der Waals surface area (Å²) in [7, 11) is -3.90. The number of nitrogens with one attached hydrogen (secondary N) is 1. The molecule has 1 heterocycles. The average Bonchev–Trinajstić information content (AvgIpc) is 2.63. The average molecular weight is 393 g/mol. The quantitative estimate of drug-likeness (QED) is 0.697. The Morgan fingerprint density at radius 1 is 0.880 bits per heavy atom. The second kappa shape index (κ2) is 7.54. The van der Waals surface area contributed by atoms with Gasteiger partial charge in [-0.15, -0.1) is 0 Å². The van der Waals surface area contributed by atoms with Gasteiger partial charge >= 0.3 is 0 Å². The Morgan fingerprint density at radius 3 is 2.20 bits per heavy atom. The molecule has 4 nitrogen and oxygen atoms in total. The highest BCUT2D eigenvalue weighted by atomic mass is 35.5. The van der Waals surface area contributed by atoms with Crippen LogP contribution in [0.1, 0.15) is 17.2 Å². The van der Waals surface area contributed by atoms with Crippen molar-refractivity contribution in [2.24, 2.45) is 0 Å². The summed E-state index contributed by atoms with van der Waals surface area (Å²) >= 11 is 12.0. The molecule has 0 saturated heterocycles. The number of aromatic nitrogens is 1. The third kappa shape index (κ3) is 4.19. The normalized spacial score (nSPS) is 12.7. The topological polar surface area (TPSA) is 59.1 Å². The van der Waals surface area contributed by atoms with Crippen molar-refractivity contribution in [3.05, 3.63) is 94.2 Å². The first kappa shape index (κ1) is 17.9. The van der Waals surface area contributed by atoms with Gasteiger partial charge in [-0.25, -0.2) is 8.42 Å². The Bertz CT molecular complexity index is 925. The maximum Gasteiger partial charge on any atom is 0.242 e. The zero-order valence-electron chi connectivity index (χ0n) is 12.9. The van der Waals surface area contributed by atoms with E-state index in [1.54, 1.807) is 30.6 Å². The number of nitrogens with zero attached hydrogens (tertiary/aromatic N) is 1. The number of sulfonamides is 1. The molecule has 0 fully saturated rings. The molecule has 3 rings (SSSR count). The number of hydrogen-bond donors (Lipinski definition) is 1. The molecule has 1 N–H and O–H groups in total. The highest BCUT2D eigenvalue weighted by molar-refractivity contribution is 7.89. The van der Waals surface area contributed by atoms with Crippen LogP contribution in [-0.2, 0) is 10.0 Å². The van der Waals surface area contributed by atoms with Crippen LogP contribution in [0.2, 0.25) is 10.0 Å². The second-order valence-corrected chi connectivity index (χ2v) is 7.85. The molecule has 128 valence electrons. The summed E-state index contributed by atoms with van der Waals surface area (Å²) < 4.78 is 28.5. The maximum absolute atomic E-state index is 12.9. The van der Waals surface area contributed by atoms with E-state index in [0.29, 0.717) is 5.02 Å². The lowest BCUT2D eigenvalue weighted by Crippen LogP contribution is -2.29. The summed E-state index contributed by atoms with van der Waals surface area (Å²) in [6, 6.07) is 16.6. The number of hydrogen-bond acceptors (Lipinski definition) is 3. The Labute approximate surface area is 156 Å². The van der Waals surface area contributed by atoms with Crippen molar-refractivity contribution in [1.82, 2.24) is 9.71 Å². The van der Waals surface area contributed by atoms with E-state index >= 15 is 0 Å². The summed E-state index contributed by atoms with van der Waals surface area (Å²) in [5.74, 6) is 0. The fourth-order valence-corrected chi connectivity index (χ4v) is 4.41. The molecule has 0 radical (unpaired) electrons. The van der Waals surface area contributed by atoms with Crippen LogP contribution in [0, 0.1) is 0 Å². The second-order valence-electron chi connectivity index (χ2n) is 5.32. The van der Waals surface area contributed by atoms with Crippen molar-refractivity contribution in [1.29, 1.82) is 0 Å². The Kier molecular flexibility index (Phi) is 5.39. The number of benzene rings is 2. The predicted molar refractivity (Wildman–Crippen MR) is 99.3 cm³/mol. The molecule has 25 heavy (non-hydrogen) atoms. The highest BCUT2D eigenvalue weighted by Gasteiger charge is 2.25. The van der Waals surface area contributed by atoms with Crippen molar-refractivity contribution in [3.8, 4) is 0 Å². The lowest BCUT2D eigenvalue weighted by atomic mass is 10.0. The molecule has 1 atom stereocenters. The van der Waals surface area contributed by atoms with Gasteiger partial charge in [-0.05, 0) is 41.5 Å². The standard InChI is InChI=1S/C18H14Cl2N2O2S/c19-15-6-7-16(20)17(12-15)25(23,24)22-18(13-4-2-1-3-5-13)14-8-10-21-11-9-14/h1-12,18,22H. The molecule has 0 saturated carbocycles. The Morgan fingerprint density at radius 2 is 1.52 bits per heavy atom. The van der Waals surface area contributed by atoms with E-state index in [2.05, 4.69) is 9.71 Å². The first-order valence-electron chi connectivity index (χ1n) is 7.39. The molecule has 7 heteroatoms. The number of rotatable bonds is 5. The highest BCUT2D eigenvalue weighted by Crippen LogP contribution is 2.28. The summed E-state index contributed by atoms with van der Waals surface area (Å²) in [5, 5.41) is 0.406. The molecule has 0 bridgehead atoms. The van der Waals surface area contributed by atoms with Crippen molar-refractivity contribution in [2.75, 3.05) is 0 Å². The van der Waals surface area contributed by atoms with E-state index in [1.807, 2.05) is 30.3 Å². The van der Waals surface area contributed by atoms with Crippen molar-refractivity contribution in [3.63, 3.8) is 0 Å². The van der Waals surface area contributed by atoms with E-state index < -0.39 is 16.1 Å². The molecule has 1 aromatic heterocycles. The van der Waals surface area contributed by atoms with E-state index in [9.17, 15) is 8.42 Å². The molecule has 0 amide bonds. The van der Waals surface area contributed by atoms with Crippen molar-refractivity contribution >= 4 is 33.2 Å². The van der Waals surface area contributed by atoms with Gasteiger partial charge in [0.05, 0.1) is 11.1 Å². The monoisotopic (exact) mass is 392 g/mol. The largest absolute Gasteiger partial charge is 0.265 e. The number of pyridine rings is 1. The fourth-order valence-electron chi connectivity index (χ4n) is 2.43. The molecule has 0 aliphatic heterocycles. The third-order valence-electron chi connectivity index (χ3n) is 3.63. The summed E-state index contributed by atoms with van der Waals surface area (Å²) in [5.41, 5.74) is 1.57. The molecule has 0 aliphatic carbocycles. The van der Waals surface area contributed by atoms with Gasteiger partial charge < -0.3 is 0 Å². The van der Waals surface area contributed by atoms with Gasteiger partial charge in [-0.1, -0.05) is 53.5 Å². The fraction of sp³-hybridized carbons (Fsp3) is 0.0556. The minimum absolute atomic E-state index is 0.0587. The van der Waals surface area contributed by atoms with Gasteiger partial charge in [0.1, 0.15) is 4.90 Å². The molecule has 3 aromatic rings. The van der Waals surface area contributed by atoms with E-state index in [1.165, 1.54) is 12.1 Å². The molecular weight excluding hydrogens is 379 g/mol. The lowest BCUT2D eigenvalue weighted by Gasteiger charge is -2.20. The van der Waals surface area contributed by atoms with Crippen LogP contribution in [0.25, 0.3) is 0 Å². The van der Waals surface area contributed by atoms with Crippen LogP contribution in [0.4, 0.5) is 0 Å². The van der Waals surface area contributed by atoms with Crippen LogP contribution < -0.4 is 4.72 Å². The van der Waals surface area contributed by atoms with E-state index in [4.69, 9.17) is 23.2 Å². The first-order chi connectivity index (χ1) is 12.0. The van der Waals surface area contributed by atoms with Crippen LogP contribution >= 0.6 is 23.2 Å². The zero-order valence-corrected chi connectivity index (χ0v) is 15.3. The zero-order chi connectivity index (χ0) is 17.9.